The maximum absolute atomic E-state index is 6.12. The van der Waals surface area contributed by atoms with Gasteiger partial charge in [-0.05, 0) is 37.0 Å². The van der Waals surface area contributed by atoms with Crippen molar-refractivity contribution in [2.45, 2.75) is 52.7 Å². The van der Waals surface area contributed by atoms with Gasteiger partial charge in [-0.25, -0.2) is 0 Å². The van der Waals surface area contributed by atoms with Crippen LogP contribution in [0.3, 0.4) is 0 Å². The molecule has 0 aromatic rings. The molecule has 80 valence electrons. The molecular weight excluding hydrogens is 172 g/mol. The molecule has 14 heavy (non-hydrogen) atoms. The molecular formula is C13H22O. The van der Waals surface area contributed by atoms with E-state index >= 15 is 0 Å². The predicted molar refractivity (Wildman–Crippen MR) is 59.1 cm³/mol. The molecule has 0 amide bonds. The van der Waals surface area contributed by atoms with Crippen LogP contribution in [0.4, 0.5) is 0 Å². The van der Waals surface area contributed by atoms with E-state index < -0.39 is 0 Å². The summed E-state index contributed by atoms with van der Waals surface area (Å²) in [6.07, 6.45) is 7.83. The minimum Gasteiger partial charge on any atom is -0.370 e. The van der Waals surface area contributed by atoms with Gasteiger partial charge in [-0.3, -0.25) is 0 Å². The normalized spacial score (nSPS) is 46.0. The van der Waals surface area contributed by atoms with Gasteiger partial charge >= 0.3 is 0 Å². The topological polar surface area (TPSA) is 9.23 Å². The predicted octanol–water partition coefficient (Wildman–Crippen LogP) is 3.40. The quantitative estimate of drug-likeness (QED) is 0.581. The molecule has 2 fully saturated rings. The Bertz CT molecular complexity index is 242. The van der Waals surface area contributed by atoms with Gasteiger partial charge in [0.15, 0.2) is 0 Å². The molecule has 2 aliphatic rings. The highest BCUT2D eigenvalue weighted by atomic mass is 16.5. The second-order valence-electron chi connectivity index (χ2n) is 5.52. The van der Waals surface area contributed by atoms with Crippen LogP contribution in [0, 0.1) is 17.3 Å². The fourth-order valence-electron chi connectivity index (χ4n) is 3.53. The van der Waals surface area contributed by atoms with Gasteiger partial charge in [0.25, 0.3) is 0 Å². The number of rotatable bonds is 1. The van der Waals surface area contributed by atoms with Crippen molar-refractivity contribution >= 4 is 0 Å². The zero-order valence-corrected chi connectivity index (χ0v) is 9.79. The van der Waals surface area contributed by atoms with Gasteiger partial charge in [-0.2, -0.15) is 0 Å². The Hall–Kier alpha value is -0.300. The third-order valence-electron chi connectivity index (χ3n) is 4.24. The van der Waals surface area contributed by atoms with Gasteiger partial charge in [-0.15, -0.1) is 0 Å². The van der Waals surface area contributed by atoms with Gasteiger partial charge in [0, 0.05) is 0 Å². The van der Waals surface area contributed by atoms with Crippen molar-refractivity contribution in [2.75, 3.05) is 0 Å². The zero-order chi connectivity index (χ0) is 10.3. The van der Waals surface area contributed by atoms with Crippen LogP contribution in [-0.2, 0) is 4.74 Å². The van der Waals surface area contributed by atoms with Crippen LogP contribution in [0.25, 0.3) is 0 Å². The minimum atomic E-state index is 0.373. The van der Waals surface area contributed by atoms with Crippen LogP contribution in [0.5, 0.6) is 0 Å². The monoisotopic (exact) mass is 194 g/mol. The summed E-state index contributed by atoms with van der Waals surface area (Å²) < 4.78 is 6.12. The molecule has 1 heteroatoms. The largest absolute Gasteiger partial charge is 0.370 e. The molecule has 4 atom stereocenters. The molecule has 2 bridgehead atoms. The van der Waals surface area contributed by atoms with Crippen LogP contribution in [0.15, 0.2) is 12.2 Å². The molecule has 1 heterocycles. The Kier molecular flexibility index (Phi) is 2.46. The number of ether oxygens (including phenoxy) is 1. The zero-order valence-electron chi connectivity index (χ0n) is 9.79. The average Bonchev–Trinajstić information content (AvgIpc) is 2.26. The molecule has 1 aliphatic carbocycles. The molecule has 2 rings (SSSR count). The van der Waals surface area contributed by atoms with Crippen molar-refractivity contribution in [2.24, 2.45) is 17.3 Å². The first-order chi connectivity index (χ1) is 6.57. The van der Waals surface area contributed by atoms with E-state index in [9.17, 15) is 0 Å². The highest BCUT2D eigenvalue weighted by Crippen LogP contribution is 2.53. The van der Waals surface area contributed by atoms with E-state index in [1.807, 2.05) is 0 Å². The second-order valence-corrected chi connectivity index (χ2v) is 5.52. The van der Waals surface area contributed by atoms with Crippen LogP contribution in [0.1, 0.15) is 40.5 Å². The van der Waals surface area contributed by atoms with Gasteiger partial charge in [0.1, 0.15) is 0 Å². The first kappa shape index (κ1) is 10.2. The molecule has 1 nitrogen and oxygen atoms in total. The molecule has 1 aliphatic heterocycles. The first-order valence-corrected chi connectivity index (χ1v) is 5.85. The fraction of sp³-hybridized carbons (Fsp3) is 0.846. The minimum absolute atomic E-state index is 0.373. The van der Waals surface area contributed by atoms with Crippen LogP contribution in [-0.4, -0.2) is 12.2 Å². The van der Waals surface area contributed by atoms with Crippen molar-refractivity contribution in [3.63, 3.8) is 0 Å². The lowest BCUT2D eigenvalue weighted by Crippen LogP contribution is -2.39. The van der Waals surface area contributed by atoms with E-state index in [1.54, 1.807) is 0 Å². The van der Waals surface area contributed by atoms with Crippen molar-refractivity contribution < 1.29 is 4.74 Å². The Labute approximate surface area is 87.5 Å². The summed E-state index contributed by atoms with van der Waals surface area (Å²) in [5.74, 6) is 1.53. The van der Waals surface area contributed by atoms with E-state index in [0.717, 1.165) is 11.8 Å². The van der Waals surface area contributed by atoms with Crippen molar-refractivity contribution in [1.29, 1.82) is 0 Å². The number of hydrogen-bond donors (Lipinski definition) is 0. The highest BCUT2D eigenvalue weighted by Gasteiger charge is 2.53. The molecule has 0 radical (unpaired) electrons. The highest BCUT2D eigenvalue weighted by molar-refractivity contribution is 5.08. The van der Waals surface area contributed by atoms with E-state index in [-0.39, 0.29) is 0 Å². The van der Waals surface area contributed by atoms with Gasteiger partial charge < -0.3 is 4.74 Å². The van der Waals surface area contributed by atoms with Crippen molar-refractivity contribution in [1.82, 2.24) is 0 Å². The molecule has 0 N–H and O–H groups in total. The summed E-state index contributed by atoms with van der Waals surface area (Å²) in [5, 5.41) is 0. The van der Waals surface area contributed by atoms with Gasteiger partial charge in [0.05, 0.1) is 12.2 Å². The fourth-order valence-corrected chi connectivity index (χ4v) is 3.53. The second kappa shape index (κ2) is 3.37. The lowest BCUT2D eigenvalue weighted by atomic mass is 9.63. The third kappa shape index (κ3) is 1.33. The van der Waals surface area contributed by atoms with Crippen LogP contribution in [0.2, 0.25) is 0 Å². The summed E-state index contributed by atoms with van der Waals surface area (Å²) in [7, 11) is 0. The lowest BCUT2D eigenvalue weighted by Gasteiger charge is -2.40. The molecule has 0 spiro atoms. The Balaban J connectivity index is 2.27. The standard InChI is InChI=1S/C13H22O/c1-5-6-10-12-9(2)7-8-11(14-10)13(12,3)4/h5-6,9-12H,7-8H2,1-4H3/b6-5+. The Morgan fingerprint density at radius 1 is 1.29 bits per heavy atom. The van der Waals surface area contributed by atoms with E-state index in [2.05, 4.69) is 39.8 Å². The lowest BCUT2D eigenvalue weighted by molar-refractivity contribution is 0.0251. The van der Waals surface area contributed by atoms with Crippen molar-refractivity contribution in [3.8, 4) is 0 Å². The summed E-state index contributed by atoms with van der Waals surface area (Å²) in [6, 6.07) is 0. The summed E-state index contributed by atoms with van der Waals surface area (Å²) in [6.45, 7) is 9.22. The maximum atomic E-state index is 6.12. The average molecular weight is 194 g/mol. The number of hydrogen-bond acceptors (Lipinski definition) is 1. The number of fused-ring (bicyclic) bond motifs is 2. The van der Waals surface area contributed by atoms with Gasteiger partial charge in [0.2, 0.25) is 0 Å². The Morgan fingerprint density at radius 3 is 2.64 bits per heavy atom. The van der Waals surface area contributed by atoms with Crippen LogP contribution < -0.4 is 0 Å². The third-order valence-corrected chi connectivity index (χ3v) is 4.24. The number of allylic oxidation sites excluding steroid dienone is 1. The molecule has 1 saturated heterocycles. The van der Waals surface area contributed by atoms with E-state index in [1.165, 1.54) is 12.8 Å². The van der Waals surface area contributed by atoms with E-state index in [0.29, 0.717) is 17.6 Å². The summed E-state index contributed by atoms with van der Waals surface area (Å²) >= 11 is 0. The molecule has 4 unspecified atom stereocenters. The van der Waals surface area contributed by atoms with Crippen LogP contribution >= 0.6 is 0 Å². The molecule has 0 aromatic heterocycles. The van der Waals surface area contributed by atoms with E-state index in [4.69, 9.17) is 4.74 Å². The SMILES string of the molecule is C/C=C/C1OC2CCC(C)C1C2(C)C. The molecule has 1 saturated carbocycles. The molecule has 0 aromatic carbocycles. The Morgan fingerprint density at radius 2 is 2.00 bits per heavy atom. The summed E-state index contributed by atoms with van der Waals surface area (Å²) in [5.41, 5.74) is 0.377. The maximum Gasteiger partial charge on any atom is 0.0796 e. The smallest absolute Gasteiger partial charge is 0.0796 e. The first-order valence-electron chi connectivity index (χ1n) is 5.85. The summed E-state index contributed by atoms with van der Waals surface area (Å²) in [4.78, 5) is 0. The van der Waals surface area contributed by atoms with Crippen molar-refractivity contribution in [3.05, 3.63) is 12.2 Å². The van der Waals surface area contributed by atoms with Gasteiger partial charge in [-0.1, -0.05) is 32.9 Å².